The van der Waals surface area contributed by atoms with E-state index in [4.69, 9.17) is 11.6 Å². The summed E-state index contributed by atoms with van der Waals surface area (Å²) >= 11 is 5.85. The zero-order valence-electron chi connectivity index (χ0n) is 12.6. The summed E-state index contributed by atoms with van der Waals surface area (Å²) in [5, 5.41) is 16.7. The summed E-state index contributed by atoms with van der Waals surface area (Å²) in [7, 11) is 0. The molecule has 0 unspecified atom stereocenters. The molecule has 0 radical (unpaired) electrons. The third-order valence-corrected chi connectivity index (χ3v) is 3.68. The maximum atomic E-state index is 12.2. The third-order valence-electron chi connectivity index (χ3n) is 3.38. The van der Waals surface area contributed by atoms with E-state index in [1.54, 1.807) is 16.8 Å². The molecule has 0 bridgehead atoms. The molecule has 0 saturated heterocycles. The number of amides is 1. The van der Waals surface area contributed by atoms with Crippen LogP contribution in [0.3, 0.4) is 0 Å². The Kier molecular flexibility index (Phi) is 5.38. The minimum absolute atomic E-state index is 0.00769. The number of nitrogens with zero attached hydrogens (tertiary/aromatic N) is 3. The highest BCUT2D eigenvalue weighted by Crippen LogP contribution is 2.24. The smallest absolute Gasteiger partial charge is 0.225 e. The lowest BCUT2D eigenvalue weighted by Gasteiger charge is -2.17. The summed E-state index contributed by atoms with van der Waals surface area (Å²) in [6, 6.07) is 4.57. The van der Waals surface area contributed by atoms with Gasteiger partial charge in [0.15, 0.2) is 0 Å². The van der Waals surface area contributed by atoms with Crippen LogP contribution in [0.4, 0.5) is 0 Å². The molecule has 0 aliphatic carbocycles. The Labute approximate surface area is 134 Å². The second-order valence-electron chi connectivity index (χ2n) is 4.92. The van der Waals surface area contributed by atoms with Crippen molar-refractivity contribution in [3.8, 4) is 5.75 Å². The van der Waals surface area contributed by atoms with E-state index in [2.05, 4.69) is 15.4 Å². The van der Waals surface area contributed by atoms with E-state index in [0.29, 0.717) is 6.54 Å². The first-order valence-electron chi connectivity index (χ1n) is 7.19. The van der Waals surface area contributed by atoms with Crippen LogP contribution in [0.5, 0.6) is 5.75 Å². The zero-order valence-corrected chi connectivity index (χ0v) is 13.3. The van der Waals surface area contributed by atoms with Crippen molar-refractivity contribution in [2.45, 2.75) is 39.3 Å². The number of phenols is 1. The van der Waals surface area contributed by atoms with Crippen molar-refractivity contribution >= 4 is 17.5 Å². The van der Waals surface area contributed by atoms with E-state index in [1.165, 1.54) is 12.4 Å². The molecule has 0 aliphatic heterocycles. The van der Waals surface area contributed by atoms with Crippen LogP contribution in [0, 0.1) is 0 Å². The van der Waals surface area contributed by atoms with Crippen molar-refractivity contribution < 1.29 is 9.90 Å². The van der Waals surface area contributed by atoms with Gasteiger partial charge < -0.3 is 10.4 Å². The lowest BCUT2D eigenvalue weighted by molar-refractivity contribution is -0.121. The number of hydrogen-bond donors (Lipinski definition) is 2. The van der Waals surface area contributed by atoms with E-state index in [1.807, 2.05) is 13.8 Å². The average Bonchev–Trinajstić information content (AvgIpc) is 2.97. The fourth-order valence-electron chi connectivity index (χ4n) is 2.23. The zero-order chi connectivity index (χ0) is 16.1. The standard InChI is InChI=1S/C15H19ClN4O2/c1-3-12(15-17-9-18-20(15)4-2)19-14(22)8-10-5-6-13(21)11(16)7-10/h5-7,9,12,21H,3-4,8H2,1-2H3,(H,19,22)/t12-/m0/s1. The third kappa shape index (κ3) is 3.76. The van der Waals surface area contributed by atoms with Gasteiger partial charge in [-0.3, -0.25) is 4.79 Å². The second-order valence-corrected chi connectivity index (χ2v) is 5.33. The van der Waals surface area contributed by atoms with Crippen LogP contribution >= 0.6 is 11.6 Å². The van der Waals surface area contributed by atoms with Gasteiger partial charge in [0.25, 0.3) is 0 Å². The molecule has 1 amide bonds. The van der Waals surface area contributed by atoms with Gasteiger partial charge in [-0.05, 0) is 31.0 Å². The largest absolute Gasteiger partial charge is 0.506 e. The monoisotopic (exact) mass is 322 g/mol. The molecule has 1 atom stereocenters. The molecule has 0 aliphatic rings. The highest BCUT2D eigenvalue weighted by atomic mass is 35.5. The molecule has 1 heterocycles. The molecule has 2 aromatic rings. The molecule has 2 rings (SSSR count). The van der Waals surface area contributed by atoms with Crippen molar-refractivity contribution in [2.24, 2.45) is 0 Å². The first kappa shape index (κ1) is 16.3. The SMILES string of the molecule is CC[C@H](NC(=O)Cc1ccc(O)c(Cl)c1)c1ncnn1CC. The van der Waals surface area contributed by atoms with Gasteiger partial charge in [0.05, 0.1) is 17.5 Å². The van der Waals surface area contributed by atoms with Crippen molar-refractivity contribution in [3.63, 3.8) is 0 Å². The van der Waals surface area contributed by atoms with Gasteiger partial charge in [0.1, 0.15) is 17.9 Å². The highest BCUT2D eigenvalue weighted by Gasteiger charge is 2.18. The normalized spacial score (nSPS) is 12.1. The number of aromatic hydroxyl groups is 1. The molecule has 0 spiro atoms. The molecule has 0 fully saturated rings. The molecule has 0 saturated carbocycles. The van der Waals surface area contributed by atoms with Crippen LogP contribution < -0.4 is 5.32 Å². The lowest BCUT2D eigenvalue weighted by Crippen LogP contribution is -2.31. The van der Waals surface area contributed by atoms with Gasteiger partial charge in [0.2, 0.25) is 5.91 Å². The Bertz CT molecular complexity index is 657. The molecule has 7 heteroatoms. The van der Waals surface area contributed by atoms with Crippen molar-refractivity contribution in [1.82, 2.24) is 20.1 Å². The summed E-state index contributed by atoms with van der Waals surface area (Å²) in [4.78, 5) is 16.4. The molecule has 118 valence electrons. The molecule has 1 aromatic carbocycles. The van der Waals surface area contributed by atoms with E-state index >= 15 is 0 Å². The predicted octanol–water partition coefficient (Wildman–Crippen LogP) is 2.47. The Morgan fingerprint density at radius 1 is 1.45 bits per heavy atom. The van der Waals surface area contributed by atoms with Gasteiger partial charge in [-0.1, -0.05) is 24.6 Å². The second kappa shape index (κ2) is 7.26. The molecule has 22 heavy (non-hydrogen) atoms. The van der Waals surface area contributed by atoms with E-state index in [0.717, 1.165) is 17.8 Å². The van der Waals surface area contributed by atoms with Gasteiger partial charge in [-0.15, -0.1) is 0 Å². The molecule has 1 aromatic heterocycles. The van der Waals surface area contributed by atoms with Crippen LogP contribution in [-0.2, 0) is 17.8 Å². The predicted molar refractivity (Wildman–Crippen MR) is 83.7 cm³/mol. The molecule has 2 N–H and O–H groups in total. The quantitative estimate of drug-likeness (QED) is 0.856. The van der Waals surface area contributed by atoms with Crippen LogP contribution in [-0.4, -0.2) is 25.8 Å². The van der Waals surface area contributed by atoms with E-state index < -0.39 is 0 Å². The minimum atomic E-state index is -0.178. The fourth-order valence-corrected chi connectivity index (χ4v) is 2.43. The number of nitrogens with one attached hydrogen (secondary N) is 1. The number of rotatable bonds is 6. The summed E-state index contributed by atoms with van der Waals surface area (Å²) in [5.41, 5.74) is 0.743. The number of benzene rings is 1. The van der Waals surface area contributed by atoms with Crippen molar-refractivity contribution in [3.05, 3.63) is 40.9 Å². The fraction of sp³-hybridized carbons (Fsp3) is 0.400. The number of aromatic nitrogens is 3. The van der Waals surface area contributed by atoms with E-state index in [9.17, 15) is 9.90 Å². The van der Waals surface area contributed by atoms with Gasteiger partial charge in [-0.25, -0.2) is 9.67 Å². The number of halogens is 1. The molecular weight excluding hydrogens is 304 g/mol. The lowest BCUT2D eigenvalue weighted by atomic mass is 10.1. The Morgan fingerprint density at radius 3 is 2.86 bits per heavy atom. The number of carbonyl (C=O) groups excluding carboxylic acids is 1. The van der Waals surface area contributed by atoms with Gasteiger partial charge in [0, 0.05) is 6.54 Å². The maximum absolute atomic E-state index is 12.2. The Balaban J connectivity index is 2.04. The summed E-state index contributed by atoms with van der Waals surface area (Å²) < 4.78 is 1.77. The van der Waals surface area contributed by atoms with Crippen molar-refractivity contribution in [2.75, 3.05) is 0 Å². The topological polar surface area (TPSA) is 80.0 Å². The number of aryl methyl sites for hydroxylation is 1. The number of hydrogen-bond acceptors (Lipinski definition) is 4. The van der Waals surface area contributed by atoms with Crippen LogP contribution in [0.1, 0.15) is 37.7 Å². The van der Waals surface area contributed by atoms with Gasteiger partial charge >= 0.3 is 0 Å². The first-order valence-corrected chi connectivity index (χ1v) is 7.57. The summed E-state index contributed by atoms with van der Waals surface area (Å²) in [6.07, 6.45) is 2.41. The minimum Gasteiger partial charge on any atom is -0.506 e. The average molecular weight is 323 g/mol. The summed E-state index contributed by atoms with van der Waals surface area (Å²) in [6.45, 7) is 4.66. The van der Waals surface area contributed by atoms with Crippen molar-refractivity contribution in [1.29, 1.82) is 0 Å². The van der Waals surface area contributed by atoms with E-state index in [-0.39, 0.29) is 29.1 Å². The Morgan fingerprint density at radius 2 is 2.23 bits per heavy atom. The summed E-state index contributed by atoms with van der Waals surface area (Å²) in [5.74, 6) is 0.634. The van der Waals surface area contributed by atoms with Crippen LogP contribution in [0.2, 0.25) is 5.02 Å². The molecular formula is C15H19ClN4O2. The van der Waals surface area contributed by atoms with Crippen LogP contribution in [0.15, 0.2) is 24.5 Å². The maximum Gasteiger partial charge on any atom is 0.225 e. The number of carbonyl (C=O) groups is 1. The molecule has 6 nitrogen and oxygen atoms in total. The Hall–Kier alpha value is -2.08. The van der Waals surface area contributed by atoms with Crippen LogP contribution in [0.25, 0.3) is 0 Å². The first-order chi connectivity index (χ1) is 10.5. The highest BCUT2D eigenvalue weighted by molar-refractivity contribution is 6.32. The number of phenolic OH excluding ortho intramolecular Hbond substituents is 1. The van der Waals surface area contributed by atoms with Gasteiger partial charge in [-0.2, -0.15) is 5.10 Å².